The van der Waals surface area contributed by atoms with Gasteiger partial charge in [0, 0.05) is 17.8 Å². The van der Waals surface area contributed by atoms with Crippen LogP contribution in [0.4, 0.5) is 5.69 Å². The van der Waals surface area contributed by atoms with Crippen molar-refractivity contribution in [1.29, 1.82) is 0 Å². The molecule has 9 nitrogen and oxygen atoms in total. The van der Waals surface area contributed by atoms with E-state index in [9.17, 15) is 23.1 Å². The molecular formula is C19H20N2O7S. The smallest absolute Gasteiger partial charge is 0.394 e. The van der Waals surface area contributed by atoms with E-state index in [1.54, 1.807) is 13.8 Å². The van der Waals surface area contributed by atoms with Crippen molar-refractivity contribution in [3.05, 3.63) is 41.5 Å². The number of hydrogen-bond donors (Lipinski definition) is 4. The van der Waals surface area contributed by atoms with Crippen LogP contribution in [0.2, 0.25) is 0 Å². The molecule has 0 atom stereocenters. The van der Waals surface area contributed by atoms with E-state index in [2.05, 4.69) is 10.0 Å². The molecule has 1 fully saturated rings. The highest BCUT2D eigenvalue weighted by molar-refractivity contribution is 7.89. The summed E-state index contributed by atoms with van der Waals surface area (Å²) in [6.07, 6.45) is 1.53. The van der Waals surface area contributed by atoms with Crippen LogP contribution in [0.5, 0.6) is 17.2 Å². The van der Waals surface area contributed by atoms with Gasteiger partial charge in [-0.3, -0.25) is 4.79 Å². The molecular weight excluding hydrogens is 400 g/mol. The number of nitrogens with one attached hydrogen (secondary N) is 2. The second kappa shape index (κ2) is 7.72. The standard InChI is InChI=1S/C19H20N2O7S/c1-10-7-13(20-18(23)19(24)25)8-11(2)17(10)28-14-5-6-15(22)16(9-14)29(26,27)21-12-3-4-12/h5-9,12,21-22H,3-4H2,1-2H3,(H,20,23)(H,24,25). The zero-order valence-electron chi connectivity index (χ0n) is 15.7. The van der Waals surface area contributed by atoms with Crippen LogP contribution in [0.1, 0.15) is 24.0 Å². The Morgan fingerprint density at radius 3 is 2.28 bits per heavy atom. The topological polar surface area (TPSA) is 142 Å². The fourth-order valence-electron chi connectivity index (χ4n) is 2.74. The van der Waals surface area contributed by atoms with Gasteiger partial charge < -0.3 is 20.3 Å². The van der Waals surface area contributed by atoms with Gasteiger partial charge in [0.1, 0.15) is 22.1 Å². The van der Waals surface area contributed by atoms with Crippen LogP contribution in [0, 0.1) is 13.8 Å². The minimum atomic E-state index is -3.87. The van der Waals surface area contributed by atoms with Crippen LogP contribution in [-0.4, -0.2) is 36.5 Å². The lowest BCUT2D eigenvalue weighted by molar-refractivity contribution is -0.147. The number of aromatic hydroxyl groups is 1. The van der Waals surface area contributed by atoms with E-state index in [0.717, 1.165) is 12.8 Å². The summed E-state index contributed by atoms with van der Waals surface area (Å²) in [4.78, 5) is 21.7. The van der Waals surface area contributed by atoms with Crippen LogP contribution >= 0.6 is 0 Å². The van der Waals surface area contributed by atoms with Gasteiger partial charge in [0.25, 0.3) is 0 Å². The number of rotatable bonds is 6. The monoisotopic (exact) mass is 420 g/mol. The minimum absolute atomic E-state index is 0.109. The van der Waals surface area contributed by atoms with Crippen LogP contribution in [0.15, 0.2) is 35.2 Å². The molecule has 3 rings (SSSR count). The van der Waals surface area contributed by atoms with Crippen molar-refractivity contribution in [2.45, 2.75) is 37.6 Å². The minimum Gasteiger partial charge on any atom is -0.507 e. The first-order valence-electron chi connectivity index (χ1n) is 8.75. The second-order valence-corrected chi connectivity index (χ2v) is 8.51. The van der Waals surface area contributed by atoms with Gasteiger partial charge in [-0.05, 0) is 62.1 Å². The number of carboxylic acid groups (broad SMARTS) is 1. The molecule has 1 aliphatic rings. The van der Waals surface area contributed by atoms with Crippen molar-refractivity contribution in [3.8, 4) is 17.2 Å². The number of benzene rings is 2. The van der Waals surface area contributed by atoms with Crippen molar-refractivity contribution >= 4 is 27.6 Å². The van der Waals surface area contributed by atoms with E-state index in [4.69, 9.17) is 9.84 Å². The number of ether oxygens (including phenoxy) is 1. The number of carbonyl (C=O) groups excluding carboxylic acids is 1. The van der Waals surface area contributed by atoms with Gasteiger partial charge in [0.05, 0.1) is 0 Å². The zero-order valence-corrected chi connectivity index (χ0v) is 16.5. The quantitative estimate of drug-likeness (QED) is 0.525. The van der Waals surface area contributed by atoms with E-state index < -0.39 is 21.9 Å². The van der Waals surface area contributed by atoms with Gasteiger partial charge in [-0.15, -0.1) is 0 Å². The van der Waals surface area contributed by atoms with Gasteiger partial charge >= 0.3 is 11.9 Å². The Hall–Kier alpha value is -3.11. The van der Waals surface area contributed by atoms with E-state index in [1.165, 1.54) is 30.3 Å². The SMILES string of the molecule is Cc1cc(NC(=O)C(=O)O)cc(C)c1Oc1ccc(O)c(S(=O)(=O)NC2CC2)c1. The Morgan fingerprint density at radius 2 is 1.72 bits per heavy atom. The third kappa shape index (κ3) is 4.84. The lowest BCUT2D eigenvalue weighted by Crippen LogP contribution is -2.25. The Labute approximate surface area is 167 Å². The lowest BCUT2D eigenvalue weighted by Gasteiger charge is -2.15. The zero-order chi connectivity index (χ0) is 21.3. The molecule has 0 bridgehead atoms. The van der Waals surface area contributed by atoms with Gasteiger partial charge in [-0.2, -0.15) is 0 Å². The number of anilines is 1. The van der Waals surface area contributed by atoms with Crippen LogP contribution in [-0.2, 0) is 19.6 Å². The molecule has 0 saturated heterocycles. The normalized spacial score (nSPS) is 13.7. The number of aliphatic carboxylic acids is 1. The number of hydrogen-bond acceptors (Lipinski definition) is 6. The molecule has 2 aromatic carbocycles. The van der Waals surface area contributed by atoms with Crippen molar-refractivity contribution in [3.63, 3.8) is 0 Å². The summed E-state index contributed by atoms with van der Waals surface area (Å²) in [5, 5.41) is 20.9. The molecule has 0 heterocycles. The van der Waals surface area contributed by atoms with Crippen molar-refractivity contribution in [1.82, 2.24) is 4.72 Å². The summed E-state index contributed by atoms with van der Waals surface area (Å²) < 4.78 is 33.2. The van der Waals surface area contributed by atoms with Gasteiger partial charge in [-0.1, -0.05) is 0 Å². The number of carboxylic acids is 1. The lowest BCUT2D eigenvalue weighted by atomic mass is 10.1. The average molecular weight is 420 g/mol. The fourth-order valence-corrected chi connectivity index (χ4v) is 4.16. The third-order valence-electron chi connectivity index (χ3n) is 4.25. The van der Waals surface area contributed by atoms with Gasteiger partial charge in [0.15, 0.2) is 0 Å². The molecule has 0 unspecified atom stereocenters. The van der Waals surface area contributed by atoms with E-state index in [1.807, 2.05) is 0 Å². The number of carbonyl (C=O) groups is 2. The Balaban J connectivity index is 1.87. The van der Waals surface area contributed by atoms with Crippen molar-refractivity contribution < 1.29 is 33.0 Å². The maximum atomic E-state index is 12.4. The fraction of sp³-hybridized carbons (Fsp3) is 0.263. The molecule has 0 aliphatic heterocycles. The van der Waals surface area contributed by atoms with Crippen LogP contribution in [0.25, 0.3) is 0 Å². The predicted molar refractivity (Wildman–Crippen MR) is 104 cm³/mol. The third-order valence-corrected chi connectivity index (χ3v) is 5.80. The molecule has 4 N–H and O–H groups in total. The Morgan fingerprint density at radius 1 is 1.10 bits per heavy atom. The number of phenolic OH excluding ortho intramolecular Hbond substituents is 1. The molecule has 1 saturated carbocycles. The molecule has 1 amide bonds. The molecule has 1 aliphatic carbocycles. The summed E-state index contributed by atoms with van der Waals surface area (Å²) in [6.45, 7) is 3.40. The number of amides is 1. The van der Waals surface area contributed by atoms with Crippen molar-refractivity contribution in [2.24, 2.45) is 0 Å². The first kappa shape index (κ1) is 20.6. The summed E-state index contributed by atoms with van der Waals surface area (Å²) in [6, 6.07) is 6.88. The van der Waals surface area contributed by atoms with Crippen LogP contribution < -0.4 is 14.8 Å². The summed E-state index contributed by atoms with van der Waals surface area (Å²) >= 11 is 0. The summed E-state index contributed by atoms with van der Waals surface area (Å²) in [7, 11) is -3.87. The maximum Gasteiger partial charge on any atom is 0.394 e. The van der Waals surface area contributed by atoms with Gasteiger partial charge in [-0.25, -0.2) is 17.9 Å². The highest BCUT2D eigenvalue weighted by Crippen LogP contribution is 2.35. The largest absolute Gasteiger partial charge is 0.507 e. The second-order valence-electron chi connectivity index (χ2n) is 6.83. The van der Waals surface area contributed by atoms with Crippen molar-refractivity contribution in [2.75, 3.05) is 5.32 Å². The molecule has 0 spiro atoms. The van der Waals surface area contributed by atoms with E-state index in [-0.39, 0.29) is 22.4 Å². The number of aryl methyl sites for hydroxylation is 2. The van der Waals surface area contributed by atoms with E-state index >= 15 is 0 Å². The molecule has 10 heteroatoms. The molecule has 29 heavy (non-hydrogen) atoms. The number of phenols is 1. The first-order valence-corrected chi connectivity index (χ1v) is 10.2. The highest BCUT2D eigenvalue weighted by atomic mass is 32.2. The Bertz CT molecular complexity index is 1070. The first-order chi connectivity index (χ1) is 13.6. The summed E-state index contributed by atoms with van der Waals surface area (Å²) in [5.74, 6) is -2.52. The molecule has 2 aromatic rings. The highest BCUT2D eigenvalue weighted by Gasteiger charge is 2.30. The molecule has 0 radical (unpaired) electrons. The Kier molecular flexibility index (Phi) is 5.49. The van der Waals surface area contributed by atoms with Gasteiger partial charge in [0.2, 0.25) is 10.0 Å². The molecule has 154 valence electrons. The van der Waals surface area contributed by atoms with E-state index in [0.29, 0.717) is 22.6 Å². The van der Waals surface area contributed by atoms with Crippen LogP contribution in [0.3, 0.4) is 0 Å². The molecule has 0 aromatic heterocycles. The number of sulfonamides is 1. The maximum absolute atomic E-state index is 12.4. The predicted octanol–water partition coefficient (Wildman–Crippen LogP) is 2.27. The average Bonchev–Trinajstić information content (AvgIpc) is 3.42. The summed E-state index contributed by atoms with van der Waals surface area (Å²) in [5.41, 5.74) is 1.49.